The minimum absolute atomic E-state index is 0.0464. The number of benzene rings is 1. The number of hydrogen-bond donors (Lipinski definition) is 2. The van der Waals surface area contributed by atoms with E-state index in [0.29, 0.717) is 12.1 Å². The highest BCUT2D eigenvalue weighted by Gasteiger charge is 2.18. The monoisotopic (exact) mass is 324 g/mol. The van der Waals surface area contributed by atoms with Crippen LogP contribution in [-0.4, -0.2) is 40.1 Å². The van der Waals surface area contributed by atoms with Crippen molar-refractivity contribution in [1.82, 2.24) is 10.0 Å². The van der Waals surface area contributed by atoms with Crippen molar-refractivity contribution in [3.05, 3.63) is 42.5 Å². The Kier molecular flexibility index (Phi) is 5.70. The summed E-state index contributed by atoms with van der Waals surface area (Å²) in [7, 11) is -3.63. The molecule has 1 aromatic carbocycles. The summed E-state index contributed by atoms with van der Waals surface area (Å²) in [5.41, 5.74) is 0.305. The van der Waals surface area contributed by atoms with Crippen molar-refractivity contribution in [1.29, 1.82) is 0 Å². The number of ether oxygens (including phenoxy) is 1. The Balaban J connectivity index is 2.03. The molecule has 7 heteroatoms. The zero-order valence-electron chi connectivity index (χ0n) is 12.2. The van der Waals surface area contributed by atoms with Gasteiger partial charge in [0.2, 0.25) is 10.0 Å². The molecule has 2 N–H and O–H groups in total. The van der Waals surface area contributed by atoms with Gasteiger partial charge in [-0.3, -0.25) is 4.79 Å². The zero-order valence-corrected chi connectivity index (χ0v) is 13.1. The Morgan fingerprint density at radius 2 is 2.27 bits per heavy atom. The lowest BCUT2D eigenvalue weighted by Gasteiger charge is -2.11. The topological polar surface area (TPSA) is 84.5 Å². The molecule has 1 unspecified atom stereocenters. The number of rotatable bonds is 7. The van der Waals surface area contributed by atoms with Crippen molar-refractivity contribution >= 4 is 15.9 Å². The van der Waals surface area contributed by atoms with Crippen LogP contribution in [0.3, 0.4) is 0 Å². The van der Waals surface area contributed by atoms with E-state index in [2.05, 4.69) is 16.6 Å². The Morgan fingerprint density at radius 1 is 1.45 bits per heavy atom. The fourth-order valence-electron chi connectivity index (χ4n) is 2.17. The Morgan fingerprint density at radius 3 is 2.95 bits per heavy atom. The maximum absolute atomic E-state index is 12.1. The van der Waals surface area contributed by atoms with Crippen LogP contribution in [-0.2, 0) is 14.8 Å². The molecule has 22 heavy (non-hydrogen) atoms. The lowest BCUT2D eigenvalue weighted by atomic mass is 10.2. The van der Waals surface area contributed by atoms with Crippen LogP contribution in [0.4, 0.5) is 0 Å². The predicted molar refractivity (Wildman–Crippen MR) is 83.1 cm³/mol. The first-order chi connectivity index (χ1) is 10.5. The second-order valence-corrected chi connectivity index (χ2v) is 6.78. The molecular weight excluding hydrogens is 304 g/mol. The van der Waals surface area contributed by atoms with Crippen molar-refractivity contribution < 1.29 is 17.9 Å². The lowest BCUT2D eigenvalue weighted by molar-refractivity contribution is 0.0857. The highest BCUT2D eigenvalue weighted by atomic mass is 32.2. The van der Waals surface area contributed by atoms with Crippen LogP contribution < -0.4 is 10.0 Å². The Labute approximate surface area is 130 Å². The van der Waals surface area contributed by atoms with Crippen LogP contribution in [0.5, 0.6) is 0 Å². The fraction of sp³-hybridized carbons (Fsp3) is 0.400. The lowest BCUT2D eigenvalue weighted by Crippen LogP contribution is -2.32. The molecule has 1 saturated heterocycles. The molecule has 0 saturated carbocycles. The van der Waals surface area contributed by atoms with E-state index in [1.807, 2.05) is 0 Å². The summed E-state index contributed by atoms with van der Waals surface area (Å²) >= 11 is 0. The summed E-state index contributed by atoms with van der Waals surface area (Å²) in [5.74, 6) is -0.309. The van der Waals surface area contributed by atoms with E-state index in [1.54, 1.807) is 12.1 Å². The van der Waals surface area contributed by atoms with Crippen molar-refractivity contribution in [3.8, 4) is 0 Å². The van der Waals surface area contributed by atoms with Crippen LogP contribution in [0.1, 0.15) is 23.2 Å². The standard InChI is InChI=1S/C15H20N2O4S/c1-2-8-17-22(19,20)14-7-3-5-12(10-14)15(18)16-11-13-6-4-9-21-13/h2-3,5,7,10,13,17H,1,4,6,8-9,11H2,(H,16,18). The van der Waals surface area contributed by atoms with E-state index >= 15 is 0 Å². The van der Waals surface area contributed by atoms with E-state index in [4.69, 9.17) is 4.74 Å². The third-order valence-corrected chi connectivity index (χ3v) is 4.76. The van der Waals surface area contributed by atoms with Gasteiger partial charge in [-0.25, -0.2) is 13.1 Å². The van der Waals surface area contributed by atoms with Gasteiger partial charge in [0.1, 0.15) is 0 Å². The number of sulfonamides is 1. The van der Waals surface area contributed by atoms with Gasteiger partial charge in [-0.1, -0.05) is 12.1 Å². The minimum atomic E-state index is -3.63. The van der Waals surface area contributed by atoms with Crippen LogP contribution in [0.25, 0.3) is 0 Å². The van der Waals surface area contributed by atoms with Crippen LogP contribution >= 0.6 is 0 Å². The van der Waals surface area contributed by atoms with Crippen molar-refractivity contribution in [2.45, 2.75) is 23.8 Å². The molecule has 2 rings (SSSR count). The van der Waals surface area contributed by atoms with E-state index in [1.165, 1.54) is 18.2 Å². The third-order valence-electron chi connectivity index (χ3n) is 3.34. The van der Waals surface area contributed by atoms with Crippen molar-refractivity contribution in [2.75, 3.05) is 19.7 Å². The Hall–Kier alpha value is -1.70. The number of carbonyl (C=O) groups excluding carboxylic acids is 1. The van der Waals surface area contributed by atoms with Gasteiger partial charge in [-0.2, -0.15) is 0 Å². The molecule has 0 aromatic heterocycles. The van der Waals surface area contributed by atoms with Gasteiger partial charge in [0.05, 0.1) is 11.0 Å². The van der Waals surface area contributed by atoms with Gasteiger partial charge in [0, 0.05) is 25.3 Å². The fourth-order valence-corrected chi connectivity index (χ4v) is 3.21. The van der Waals surface area contributed by atoms with Gasteiger partial charge in [-0.15, -0.1) is 6.58 Å². The van der Waals surface area contributed by atoms with Gasteiger partial charge in [0.25, 0.3) is 5.91 Å². The molecule has 1 aromatic rings. The van der Waals surface area contributed by atoms with Gasteiger partial charge in [0.15, 0.2) is 0 Å². The molecule has 0 radical (unpaired) electrons. The molecule has 0 bridgehead atoms. The molecule has 1 heterocycles. The quantitative estimate of drug-likeness (QED) is 0.735. The molecule has 1 aliphatic heterocycles. The first kappa shape index (κ1) is 16.7. The molecule has 120 valence electrons. The normalized spacial score (nSPS) is 18.1. The van der Waals surface area contributed by atoms with Crippen LogP contribution in [0.2, 0.25) is 0 Å². The van der Waals surface area contributed by atoms with Gasteiger partial charge in [-0.05, 0) is 31.0 Å². The number of amides is 1. The molecule has 6 nitrogen and oxygen atoms in total. The molecular formula is C15H20N2O4S. The highest BCUT2D eigenvalue weighted by molar-refractivity contribution is 7.89. The average Bonchev–Trinajstić information content (AvgIpc) is 3.04. The summed E-state index contributed by atoms with van der Waals surface area (Å²) in [4.78, 5) is 12.2. The first-order valence-electron chi connectivity index (χ1n) is 7.13. The summed E-state index contributed by atoms with van der Waals surface area (Å²) in [6.07, 6.45) is 3.43. The number of nitrogens with one attached hydrogen (secondary N) is 2. The largest absolute Gasteiger partial charge is 0.376 e. The minimum Gasteiger partial charge on any atom is -0.376 e. The molecule has 1 aliphatic rings. The van der Waals surface area contributed by atoms with Crippen LogP contribution in [0, 0.1) is 0 Å². The second-order valence-electron chi connectivity index (χ2n) is 5.01. The van der Waals surface area contributed by atoms with Crippen molar-refractivity contribution in [2.24, 2.45) is 0 Å². The van der Waals surface area contributed by atoms with E-state index in [-0.39, 0.29) is 23.5 Å². The zero-order chi connectivity index (χ0) is 16.0. The highest BCUT2D eigenvalue weighted by Crippen LogP contribution is 2.13. The smallest absolute Gasteiger partial charge is 0.251 e. The number of hydrogen-bond acceptors (Lipinski definition) is 4. The maximum Gasteiger partial charge on any atom is 0.251 e. The van der Waals surface area contributed by atoms with Gasteiger partial charge >= 0.3 is 0 Å². The Bertz CT molecular complexity index is 637. The summed E-state index contributed by atoms with van der Waals surface area (Å²) in [5, 5.41) is 2.77. The van der Waals surface area contributed by atoms with Gasteiger partial charge < -0.3 is 10.1 Å². The molecule has 0 aliphatic carbocycles. The molecule has 1 fully saturated rings. The summed E-state index contributed by atoms with van der Waals surface area (Å²) < 4.78 is 31.8. The van der Waals surface area contributed by atoms with Crippen LogP contribution in [0.15, 0.2) is 41.8 Å². The van der Waals surface area contributed by atoms with E-state index < -0.39 is 10.0 Å². The molecule has 1 atom stereocenters. The SMILES string of the molecule is C=CCNS(=O)(=O)c1cccc(C(=O)NCC2CCCO2)c1. The third kappa shape index (κ3) is 4.40. The first-order valence-corrected chi connectivity index (χ1v) is 8.61. The van der Waals surface area contributed by atoms with E-state index in [9.17, 15) is 13.2 Å². The summed E-state index contributed by atoms with van der Waals surface area (Å²) in [6, 6.07) is 5.93. The second kappa shape index (κ2) is 7.53. The van der Waals surface area contributed by atoms with Crippen molar-refractivity contribution in [3.63, 3.8) is 0 Å². The predicted octanol–water partition coefficient (Wildman–Crippen LogP) is 1.06. The molecule has 0 spiro atoms. The van der Waals surface area contributed by atoms with E-state index in [0.717, 1.165) is 19.4 Å². The number of carbonyl (C=O) groups is 1. The average molecular weight is 324 g/mol. The molecule has 1 amide bonds. The summed E-state index contributed by atoms with van der Waals surface area (Å²) in [6.45, 7) is 4.76. The maximum atomic E-state index is 12.1.